The van der Waals surface area contributed by atoms with Crippen LogP contribution >= 0.6 is 0 Å². The lowest BCUT2D eigenvalue weighted by Crippen LogP contribution is -2.48. The minimum Gasteiger partial charge on any atom is -0.496 e. The molecule has 0 aromatic heterocycles. The molecule has 1 saturated heterocycles. The number of nitrogens with zero attached hydrogens (tertiary/aromatic N) is 2. The molecule has 5 nitrogen and oxygen atoms in total. The van der Waals surface area contributed by atoms with E-state index in [2.05, 4.69) is 29.2 Å². The van der Waals surface area contributed by atoms with Crippen LogP contribution in [0.5, 0.6) is 5.75 Å². The highest BCUT2D eigenvalue weighted by Gasteiger charge is 2.22. The molecular formula is C21H26N2O3. The molecule has 1 aliphatic rings. The number of ether oxygens (including phenoxy) is 2. The molecule has 26 heavy (non-hydrogen) atoms. The van der Waals surface area contributed by atoms with Crippen molar-refractivity contribution in [3.63, 3.8) is 0 Å². The van der Waals surface area contributed by atoms with E-state index in [1.165, 1.54) is 5.56 Å². The van der Waals surface area contributed by atoms with Crippen molar-refractivity contribution in [2.45, 2.75) is 13.2 Å². The molecule has 1 fully saturated rings. The van der Waals surface area contributed by atoms with Crippen molar-refractivity contribution in [3.8, 4) is 5.75 Å². The predicted octanol–water partition coefficient (Wildman–Crippen LogP) is 2.80. The summed E-state index contributed by atoms with van der Waals surface area (Å²) >= 11 is 0. The number of carbonyl (C=O) groups is 1. The smallest absolute Gasteiger partial charge is 0.253 e. The first-order valence-electron chi connectivity index (χ1n) is 8.92. The molecule has 138 valence electrons. The van der Waals surface area contributed by atoms with Crippen molar-refractivity contribution in [1.82, 2.24) is 9.80 Å². The summed E-state index contributed by atoms with van der Waals surface area (Å²) in [7, 11) is 3.27. The van der Waals surface area contributed by atoms with E-state index in [1.807, 2.05) is 29.2 Å². The van der Waals surface area contributed by atoms with Crippen molar-refractivity contribution in [3.05, 3.63) is 65.2 Å². The molecule has 0 atom stereocenters. The molecule has 3 rings (SSSR count). The lowest BCUT2D eigenvalue weighted by molar-refractivity contribution is 0.0628. The number of hydrogen-bond donors (Lipinski definition) is 0. The summed E-state index contributed by atoms with van der Waals surface area (Å²) in [5.41, 5.74) is 2.89. The Labute approximate surface area is 155 Å². The summed E-state index contributed by atoms with van der Waals surface area (Å²) in [6.45, 7) is 4.64. The molecule has 1 amide bonds. The lowest BCUT2D eigenvalue weighted by atomic mass is 10.1. The molecule has 0 radical (unpaired) electrons. The third kappa shape index (κ3) is 4.42. The van der Waals surface area contributed by atoms with Gasteiger partial charge in [0.25, 0.3) is 5.91 Å². The van der Waals surface area contributed by atoms with Crippen LogP contribution in [0.3, 0.4) is 0 Å². The second-order valence-electron chi connectivity index (χ2n) is 6.51. The van der Waals surface area contributed by atoms with Gasteiger partial charge in [0.05, 0.1) is 13.7 Å². The van der Waals surface area contributed by atoms with E-state index in [9.17, 15) is 4.79 Å². The largest absolute Gasteiger partial charge is 0.496 e. The van der Waals surface area contributed by atoms with Gasteiger partial charge in [-0.1, -0.05) is 30.3 Å². The number of rotatable bonds is 6. The van der Waals surface area contributed by atoms with Crippen LogP contribution in [0.15, 0.2) is 48.5 Å². The average molecular weight is 354 g/mol. The zero-order chi connectivity index (χ0) is 18.4. The molecule has 5 heteroatoms. The Morgan fingerprint density at radius 1 is 1.00 bits per heavy atom. The standard InChI is InChI=1S/C21H26N2O3/c1-25-16-19-14-18(8-9-20(19)26-2)21(24)23-12-10-22(11-13-23)15-17-6-4-3-5-7-17/h3-9,14H,10-13,15-16H2,1-2H3. The van der Waals surface area contributed by atoms with Crippen LogP contribution in [0.25, 0.3) is 0 Å². The number of piperazine rings is 1. The minimum atomic E-state index is 0.0735. The van der Waals surface area contributed by atoms with Crippen molar-refractivity contribution < 1.29 is 14.3 Å². The summed E-state index contributed by atoms with van der Waals surface area (Å²) in [5.74, 6) is 0.820. The third-order valence-corrected chi connectivity index (χ3v) is 4.74. The molecule has 0 saturated carbocycles. The second-order valence-corrected chi connectivity index (χ2v) is 6.51. The maximum Gasteiger partial charge on any atom is 0.253 e. The van der Waals surface area contributed by atoms with Crippen LogP contribution in [0.2, 0.25) is 0 Å². The fourth-order valence-corrected chi connectivity index (χ4v) is 3.31. The van der Waals surface area contributed by atoms with Crippen LogP contribution in [0, 0.1) is 0 Å². The fraction of sp³-hybridized carbons (Fsp3) is 0.381. The monoisotopic (exact) mass is 354 g/mol. The zero-order valence-electron chi connectivity index (χ0n) is 15.5. The maximum absolute atomic E-state index is 12.8. The molecule has 0 unspecified atom stereocenters. The number of methoxy groups -OCH3 is 2. The lowest BCUT2D eigenvalue weighted by Gasteiger charge is -2.35. The highest BCUT2D eigenvalue weighted by atomic mass is 16.5. The summed E-state index contributed by atoms with van der Waals surface area (Å²) in [4.78, 5) is 17.2. The zero-order valence-corrected chi connectivity index (χ0v) is 15.5. The summed E-state index contributed by atoms with van der Waals surface area (Å²) < 4.78 is 10.5. The van der Waals surface area contributed by atoms with Crippen LogP contribution < -0.4 is 4.74 Å². The summed E-state index contributed by atoms with van der Waals surface area (Å²) in [5, 5.41) is 0. The van der Waals surface area contributed by atoms with Gasteiger partial charge in [-0.15, -0.1) is 0 Å². The molecule has 2 aromatic rings. The van der Waals surface area contributed by atoms with E-state index in [0.29, 0.717) is 12.2 Å². The maximum atomic E-state index is 12.8. The highest BCUT2D eigenvalue weighted by Crippen LogP contribution is 2.22. The first-order valence-corrected chi connectivity index (χ1v) is 8.92. The molecule has 1 aliphatic heterocycles. The number of carbonyl (C=O) groups excluding carboxylic acids is 1. The molecular weight excluding hydrogens is 328 g/mol. The topological polar surface area (TPSA) is 42.0 Å². The Hall–Kier alpha value is -2.37. The van der Waals surface area contributed by atoms with Crippen LogP contribution in [-0.4, -0.2) is 56.1 Å². The molecule has 0 bridgehead atoms. The summed E-state index contributed by atoms with van der Waals surface area (Å²) in [6.07, 6.45) is 0. The molecule has 0 aliphatic carbocycles. The van der Waals surface area contributed by atoms with Gasteiger partial charge in [-0.25, -0.2) is 0 Å². The van der Waals surface area contributed by atoms with Crippen molar-refractivity contribution >= 4 is 5.91 Å². The average Bonchev–Trinajstić information content (AvgIpc) is 2.69. The van der Waals surface area contributed by atoms with Crippen molar-refractivity contribution in [2.24, 2.45) is 0 Å². The first kappa shape index (κ1) is 18.4. The van der Waals surface area contributed by atoms with Gasteiger partial charge in [-0.05, 0) is 23.8 Å². The van der Waals surface area contributed by atoms with E-state index in [-0.39, 0.29) is 5.91 Å². The molecule has 1 heterocycles. The van der Waals surface area contributed by atoms with E-state index >= 15 is 0 Å². The highest BCUT2D eigenvalue weighted by molar-refractivity contribution is 5.94. The second kappa shape index (κ2) is 8.83. The number of benzene rings is 2. The number of amides is 1. The van der Waals surface area contributed by atoms with Gasteiger partial charge < -0.3 is 14.4 Å². The molecule has 2 aromatic carbocycles. The predicted molar refractivity (Wildman–Crippen MR) is 101 cm³/mol. The SMILES string of the molecule is COCc1cc(C(=O)N2CCN(Cc3ccccc3)CC2)ccc1OC. The van der Waals surface area contributed by atoms with Crippen LogP contribution in [0.4, 0.5) is 0 Å². The van der Waals surface area contributed by atoms with Gasteiger partial charge in [-0.2, -0.15) is 0 Å². The minimum absolute atomic E-state index is 0.0735. The van der Waals surface area contributed by atoms with E-state index in [4.69, 9.17) is 9.47 Å². The van der Waals surface area contributed by atoms with Crippen LogP contribution in [-0.2, 0) is 17.9 Å². The van der Waals surface area contributed by atoms with Crippen molar-refractivity contribution in [1.29, 1.82) is 0 Å². The Morgan fingerprint density at radius 3 is 2.38 bits per heavy atom. The summed E-state index contributed by atoms with van der Waals surface area (Å²) in [6, 6.07) is 16.0. The van der Waals surface area contributed by atoms with E-state index in [1.54, 1.807) is 14.2 Å². The van der Waals surface area contributed by atoms with Gasteiger partial charge in [-0.3, -0.25) is 9.69 Å². The molecule has 0 N–H and O–H groups in total. The Bertz CT molecular complexity index is 725. The van der Waals surface area contributed by atoms with Gasteiger partial charge in [0.2, 0.25) is 0 Å². The van der Waals surface area contributed by atoms with Gasteiger partial charge in [0.1, 0.15) is 5.75 Å². The van der Waals surface area contributed by atoms with Gasteiger partial charge >= 0.3 is 0 Å². The third-order valence-electron chi connectivity index (χ3n) is 4.74. The normalized spacial score (nSPS) is 15.1. The van der Waals surface area contributed by atoms with Crippen LogP contribution in [0.1, 0.15) is 21.5 Å². The first-order chi connectivity index (χ1) is 12.7. The molecule has 0 spiro atoms. The van der Waals surface area contributed by atoms with E-state index in [0.717, 1.165) is 44.0 Å². The fourth-order valence-electron chi connectivity index (χ4n) is 3.31. The van der Waals surface area contributed by atoms with Gasteiger partial charge in [0.15, 0.2) is 0 Å². The quantitative estimate of drug-likeness (QED) is 0.800. The van der Waals surface area contributed by atoms with Gasteiger partial charge in [0, 0.05) is 51.0 Å². The Kier molecular flexibility index (Phi) is 6.26. The number of hydrogen-bond acceptors (Lipinski definition) is 4. The Morgan fingerprint density at radius 2 is 1.73 bits per heavy atom. The van der Waals surface area contributed by atoms with Crippen molar-refractivity contribution in [2.75, 3.05) is 40.4 Å². The van der Waals surface area contributed by atoms with E-state index < -0.39 is 0 Å². The Balaban J connectivity index is 1.60.